The summed E-state index contributed by atoms with van der Waals surface area (Å²) in [5.74, 6) is 0. The smallest absolute Gasteiger partial charge is 0.0936 e. The molecule has 0 saturated heterocycles. The Morgan fingerprint density at radius 1 is 1.38 bits per heavy atom. The van der Waals surface area contributed by atoms with E-state index in [4.69, 9.17) is 0 Å². The fraction of sp³-hybridized carbons (Fsp3) is 0.769. The molecule has 1 atom stereocenters. The summed E-state index contributed by atoms with van der Waals surface area (Å²) in [4.78, 5) is 6.01. The van der Waals surface area contributed by atoms with Gasteiger partial charge < -0.3 is 5.32 Å². The molecule has 0 amide bonds. The van der Waals surface area contributed by atoms with E-state index in [9.17, 15) is 0 Å². The molecule has 16 heavy (non-hydrogen) atoms. The molecule has 2 nitrogen and oxygen atoms in total. The topological polar surface area (TPSA) is 24.9 Å². The molecule has 1 heterocycles. The lowest BCUT2D eigenvalue weighted by Gasteiger charge is -2.28. The summed E-state index contributed by atoms with van der Waals surface area (Å²) < 4.78 is 0. The fourth-order valence-electron chi connectivity index (χ4n) is 2.25. The van der Waals surface area contributed by atoms with Crippen molar-refractivity contribution in [3.05, 3.63) is 15.6 Å². The molecule has 0 aliphatic carbocycles. The van der Waals surface area contributed by atoms with Gasteiger partial charge in [0.15, 0.2) is 0 Å². The van der Waals surface area contributed by atoms with E-state index >= 15 is 0 Å². The molecule has 1 N–H and O–H groups in total. The average molecular weight is 240 g/mol. The van der Waals surface area contributed by atoms with Crippen LogP contribution in [0, 0.1) is 19.3 Å². The van der Waals surface area contributed by atoms with Crippen LogP contribution in [0.5, 0.6) is 0 Å². The number of nitrogens with one attached hydrogen (secondary N) is 1. The van der Waals surface area contributed by atoms with E-state index in [2.05, 4.69) is 38.0 Å². The number of rotatable bonds is 6. The van der Waals surface area contributed by atoms with Gasteiger partial charge in [-0.3, -0.25) is 0 Å². The van der Waals surface area contributed by atoms with Gasteiger partial charge in [0.2, 0.25) is 0 Å². The molecule has 0 fully saturated rings. The summed E-state index contributed by atoms with van der Waals surface area (Å²) in [7, 11) is 2.03. The largest absolute Gasteiger partial charge is 0.319 e. The van der Waals surface area contributed by atoms with Gasteiger partial charge in [-0.2, -0.15) is 0 Å². The van der Waals surface area contributed by atoms with Crippen molar-refractivity contribution in [3.63, 3.8) is 0 Å². The van der Waals surface area contributed by atoms with E-state index in [-0.39, 0.29) is 0 Å². The minimum Gasteiger partial charge on any atom is -0.319 e. The van der Waals surface area contributed by atoms with Crippen molar-refractivity contribution in [2.75, 3.05) is 13.6 Å². The third kappa shape index (κ3) is 3.56. The summed E-state index contributed by atoms with van der Waals surface area (Å²) in [5.41, 5.74) is 1.54. The van der Waals surface area contributed by atoms with Gasteiger partial charge >= 0.3 is 0 Å². The third-order valence-electron chi connectivity index (χ3n) is 3.11. The van der Waals surface area contributed by atoms with Gasteiger partial charge in [0, 0.05) is 17.8 Å². The molecule has 1 unspecified atom stereocenters. The summed E-state index contributed by atoms with van der Waals surface area (Å²) in [5, 5.41) is 4.60. The Balaban J connectivity index is 2.74. The van der Waals surface area contributed by atoms with Crippen molar-refractivity contribution in [3.8, 4) is 0 Å². The zero-order valence-electron chi connectivity index (χ0n) is 11.2. The van der Waals surface area contributed by atoms with Crippen LogP contribution in [0.4, 0.5) is 0 Å². The molecule has 1 aromatic heterocycles. The SMILES string of the molecule is CCCC(C)(CNC)Cc1nc(C)c(C)s1. The summed E-state index contributed by atoms with van der Waals surface area (Å²) >= 11 is 1.85. The minimum atomic E-state index is 0.347. The molecule has 1 rings (SSSR count). The number of aromatic nitrogens is 1. The van der Waals surface area contributed by atoms with Crippen LogP contribution in [0.2, 0.25) is 0 Å². The first-order valence-corrected chi connectivity index (χ1v) is 6.90. The van der Waals surface area contributed by atoms with E-state index in [1.54, 1.807) is 0 Å². The summed E-state index contributed by atoms with van der Waals surface area (Å²) in [6.45, 7) is 9.94. The van der Waals surface area contributed by atoms with Gasteiger partial charge in [0.05, 0.1) is 10.7 Å². The molecule has 0 spiro atoms. The first kappa shape index (κ1) is 13.7. The number of aryl methyl sites for hydroxylation is 2. The van der Waals surface area contributed by atoms with Crippen LogP contribution in [-0.2, 0) is 6.42 Å². The second-order valence-electron chi connectivity index (χ2n) is 5.02. The van der Waals surface area contributed by atoms with Crippen molar-refractivity contribution < 1.29 is 0 Å². The van der Waals surface area contributed by atoms with Crippen LogP contribution in [0.25, 0.3) is 0 Å². The van der Waals surface area contributed by atoms with Gasteiger partial charge in [-0.15, -0.1) is 11.3 Å². The Morgan fingerprint density at radius 3 is 2.50 bits per heavy atom. The Bertz CT molecular complexity index is 305. The molecule has 0 aromatic carbocycles. The average Bonchev–Trinajstić information content (AvgIpc) is 2.45. The van der Waals surface area contributed by atoms with Gasteiger partial charge in [-0.25, -0.2) is 4.98 Å². The first-order valence-electron chi connectivity index (χ1n) is 6.08. The Labute approximate surface area is 103 Å². The Hall–Kier alpha value is -0.410. The number of nitrogens with zero attached hydrogens (tertiary/aromatic N) is 1. The maximum absolute atomic E-state index is 4.65. The van der Waals surface area contributed by atoms with E-state index in [0.29, 0.717) is 5.41 Å². The minimum absolute atomic E-state index is 0.347. The lowest BCUT2D eigenvalue weighted by molar-refractivity contribution is 0.282. The van der Waals surface area contributed by atoms with Crippen LogP contribution < -0.4 is 5.32 Å². The zero-order valence-corrected chi connectivity index (χ0v) is 12.0. The van der Waals surface area contributed by atoms with Gasteiger partial charge in [-0.05, 0) is 32.7 Å². The molecule has 92 valence electrons. The van der Waals surface area contributed by atoms with Crippen LogP contribution in [0.1, 0.15) is 42.3 Å². The molecule has 0 radical (unpaired) electrons. The molecule has 0 aliphatic heterocycles. The maximum Gasteiger partial charge on any atom is 0.0936 e. The van der Waals surface area contributed by atoms with Gasteiger partial charge in [0.1, 0.15) is 0 Å². The van der Waals surface area contributed by atoms with E-state index < -0.39 is 0 Å². The lowest BCUT2D eigenvalue weighted by atomic mass is 9.82. The second-order valence-corrected chi connectivity index (χ2v) is 6.30. The Kier molecular flexibility index (Phi) is 4.93. The Morgan fingerprint density at radius 2 is 2.06 bits per heavy atom. The van der Waals surface area contributed by atoms with Gasteiger partial charge in [-0.1, -0.05) is 20.3 Å². The quantitative estimate of drug-likeness (QED) is 0.825. The van der Waals surface area contributed by atoms with Crippen LogP contribution >= 0.6 is 11.3 Å². The predicted molar refractivity (Wildman–Crippen MR) is 72.2 cm³/mol. The van der Waals surface area contributed by atoms with Crippen LogP contribution in [0.3, 0.4) is 0 Å². The molecule has 0 saturated carbocycles. The van der Waals surface area contributed by atoms with Crippen LogP contribution in [-0.4, -0.2) is 18.6 Å². The van der Waals surface area contributed by atoms with Crippen molar-refractivity contribution in [1.29, 1.82) is 0 Å². The van der Waals surface area contributed by atoms with Crippen molar-refractivity contribution in [2.24, 2.45) is 5.41 Å². The molecular formula is C13H24N2S. The van der Waals surface area contributed by atoms with E-state index in [1.165, 1.54) is 28.4 Å². The van der Waals surface area contributed by atoms with Crippen LogP contribution in [0.15, 0.2) is 0 Å². The molecule has 3 heteroatoms. The molecule has 0 bridgehead atoms. The normalized spacial score (nSPS) is 15.1. The first-order chi connectivity index (χ1) is 7.50. The van der Waals surface area contributed by atoms with Crippen molar-refractivity contribution >= 4 is 11.3 Å². The van der Waals surface area contributed by atoms with Gasteiger partial charge in [0.25, 0.3) is 0 Å². The zero-order chi connectivity index (χ0) is 12.2. The standard InChI is InChI=1S/C13H24N2S/c1-6-7-13(4,9-14-5)8-12-15-10(2)11(3)16-12/h14H,6-9H2,1-5H3. The number of hydrogen-bond donors (Lipinski definition) is 1. The molecule has 1 aromatic rings. The number of thiazole rings is 1. The molecule has 0 aliphatic rings. The summed E-state index contributed by atoms with van der Waals surface area (Å²) in [6, 6.07) is 0. The predicted octanol–water partition coefficient (Wildman–Crippen LogP) is 3.33. The highest BCUT2D eigenvalue weighted by Crippen LogP contribution is 2.30. The lowest BCUT2D eigenvalue weighted by Crippen LogP contribution is -2.31. The summed E-state index contributed by atoms with van der Waals surface area (Å²) in [6.07, 6.45) is 3.59. The maximum atomic E-state index is 4.65. The molecular weight excluding hydrogens is 216 g/mol. The highest BCUT2D eigenvalue weighted by molar-refractivity contribution is 7.11. The van der Waals surface area contributed by atoms with Crippen molar-refractivity contribution in [1.82, 2.24) is 10.3 Å². The fourth-order valence-corrected chi connectivity index (χ4v) is 3.40. The van der Waals surface area contributed by atoms with E-state index in [1.807, 2.05) is 18.4 Å². The number of hydrogen-bond acceptors (Lipinski definition) is 3. The van der Waals surface area contributed by atoms with E-state index in [0.717, 1.165) is 13.0 Å². The highest BCUT2D eigenvalue weighted by Gasteiger charge is 2.24. The highest BCUT2D eigenvalue weighted by atomic mass is 32.1. The third-order valence-corrected chi connectivity index (χ3v) is 4.18. The van der Waals surface area contributed by atoms with Crippen molar-refractivity contribution in [2.45, 2.75) is 47.0 Å². The second kappa shape index (κ2) is 5.78. The monoisotopic (exact) mass is 240 g/mol.